The predicted molar refractivity (Wildman–Crippen MR) is 95.6 cm³/mol. The van der Waals surface area contributed by atoms with Crippen molar-refractivity contribution in [3.05, 3.63) is 35.7 Å². The zero-order valence-corrected chi connectivity index (χ0v) is 15.7. The number of ether oxygens (including phenoxy) is 1. The molecule has 2 aromatic rings. The smallest absolute Gasteiger partial charge is 0.368 e. The maximum absolute atomic E-state index is 12.9. The van der Waals surface area contributed by atoms with E-state index >= 15 is 0 Å². The van der Waals surface area contributed by atoms with Gasteiger partial charge in [0.05, 0.1) is 12.1 Å². The standard InChI is InChI=1S/C19H21F3N4O3/c20-19(21,22)14-4-1-3-13(11-14)17-23-16(29-24-17)12-25-6-8-26(9-7-25)18(27)15-5-2-10-28-15/h1,3-4,11,15H,2,5-10,12H2. The summed E-state index contributed by atoms with van der Waals surface area (Å²) in [6, 6.07) is 4.84. The van der Waals surface area contributed by atoms with Crippen LogP contribution in [0.1, 0.15) is 24.3 Å². The van der Waals surface area contributed by atoms with Crippen molar-refractivity contribution >= 4 is 5.91 Å². The number of carbonyl (C=O) groups is 1. The lowest BCUT2D eigenvalue weighted by Gasteiger charge is -2.35. The number of rotatable bonds is 4. The van der Waals surface area contributed by atoms with E-state index in [9.17, 15) is 18.0 Å². The molecule has 0 bridgehead atoms. The summed E-state index contributed by atoms with van der Waals surface area (Å²) in [4.78, 5) is 20.5. The Morgan fingerprint density at radius 1 is 1.21 bits per heavy atom. The summed E-state index contributed by atoms with van der Waals surface area (Å²) in [6.45, 7) is 3.51. The monoisotopic (exact) mass is 410 g/mol. The molecule has 2 aliphatic heterocycles. The first-order chi connectivity index (χ1) is 13.9. The molecule has 2 saturated heterocycles. The number of aromatic nitrogens is 2. The molecule has 0 N–H and O–H groups in total. The van der Waals surface area contributed by atoms with Crippen molar-refractivity contribution in [2.45, 2.75) is 31.7 Å². The van der Waals surface area contributed by atoms with Crippen LogP contribution >= 0.6 is 0 Å². The third-order valence-corrected chi connectivity index (χ3v) is 5.16. The van der Waals surface area contributed by atoms with Gasteiger partial charge in [0, 0.05) is 38.3 Å². The third-order valence-electron chi connectivity index (χ3n) is 5.16. The molecule has 1 aromatic carbocycles. The Labute approximate surface area is 165 Å². The number of hydrogen-bond donors (Lipinski definition) is 0. The van der Waals surface area contributed by atoms with Crippen molar-refractivity contribution in [3.8, 4) is 11.4 Å². The van der Waals surface area contributed by atoms with Crippen LogP contribution in [0.15, 0.2) is 28.8 Å². The summed E-state index contributed by atoms with van der Waals surface area (Å²) in [5, 5.41) is 3.81. The van der Waals surface area contributed by atoms with Gasteiger partial charge in [-0.1, -0.05) is 17.3 Å². The van der Waals surface area contributed by atoms with Crippen LogP contribution < -0.4 is 0 Å². The fourth-order valence-electron chi connectivity index (χ4n) is 3.56. The number of hydrogen-bond acceptors (Lipinski definition) is 6. The van der Waals surface area contributed by atoms with E-state index < -0.39 is 11.7 Å². The molecule has 3 heterocycles. The first-order valence-electron chi connectivity index (χ1n) is 9.53. The van der Waals surface area contributed by atoms with Crippen LogP contribution in [0.2, 0.25) is 0 Å². The van der Waals surface area contributed by atoms with Gasteiger partial charge in [-0.05, 0) is 25.0 Å². The van der Waals surface area contributed by atoms with Crippen LogP contribution in [0, 0.1) is 0 Å². The van der Waals surface area contributed by atoms with Gasteiger partial charge < -0.3 is 14.2 Å². The van der Waals surface area contributed by atoms with Crippen molar-refractivity contribution in [2.75, 3.05) is 32.8 Å². The fraction of sp³-hybridized carbons (Fsp3) is 0.526. The van der Waals surface area contributed by atoms with Crippen LogP contribution in [-0.4, -0.2) is 64.7 Å². The Morgan fingerprint density at radius 2 is 2.00 bits per heavy atom. The summed E-state index contributed by atoms with van der Waals surface area (Å²) in [5.74, 6) is 0.501. The lowest BCUT2D eigenvalue weighted by molar-refractivity contribution is -0.142. The van der Waals surface area contributed by atoms with Crippen LogP contribution in [0.3, 0.4) is 0 Å². The third kappa shape index (κ3) is 4.59. The summed E-state index contributed by atoms with van der Waals surface area (Å²) in [5.41, 5.74) is -0.504. The number of halogens is 3. The van der Waals surface area contributed by atoms with Crippen molar-refractivity contribution in [1.82, 2.24) is 19.9 Å². The maximum Gasteiger partial charge on any atom is 0.416 e. The highest BCUT2D eigenvalue weighted by Crippen LogP contribution is 2.31. The Balaban J connectivity index is 1.34. The average Bonchev–Trinajstić information content (AvgIpc) is 3.40. The van der Waals surface area contributed by atoms with Gasteiger partial charge in [-0.2, -0.15) is 18.2 Å². The first-order valence-corrected chi connectivity index (χ1v) is 9.53. The normalized spacial score (nSPS) is 20.9. The van der Waals surface area contributed by atoms with E-state index in [1.54, 1.807) is 0 Å². The highest BCUT2D eigenvalue weighted by atomic mass is 19.4. The van der Waals surface area contributed by atoms with E-state index in [-0.39, 0.29) is 23.4 Å². The minimum Gasteiger partial charge on any atom is -0.368 e. The molecule has 7 nitrogen and oxygen atoms in total. The van der Waals surface area contributed by atoms with Gasteiger partial charge in [0.2, 0.25) is 11.7 Å². The Kier molecular flexibility index (Phi) is 5.55. The summed E-state index contributed by atoms with van der Waals surface area (Å²) in [6.07, 6.45) is -3.04. The van der Waals surface area contributed by atoms with Gasteiger partial charge in [-0.25, -0.2) is 0 Å². The van der Waals surface area contributed by atoms with Crippen LogP contribution in [0.4, 0.5) is 13.2 Å². The Morgan fingerprint density at radius 3 is 2.69 bits per heavy atom. The summed E-state index contributed by atoms with van der Waals surface area (Å²) < 4.78 is 49.3. The van der Waals surface area contributed by atoms with Gasteiger partial charge in [-0.3, -0.25) is 9.69 Å². The molecule has 0 aliphatic carbocycles. The van der Waals surface area contributed by atoms with E-state index in [1.807, 2.05) is 4.90 Å². The molecule has 0 spiro atoms. The second-order valence-corrected chi connectivity index (χ2v) is 7.19. The van der Waals surface area contributed by atoms with E-state index in [1.165, 1.54) is 12.1 Å². The average molecular weight is 410 g/mol. The minimum atomic E-state index is -4.43. The number of carbonyl (C=O) groups excluding carboxylic acids is 1. The molecule has 1 amide bonds. The van der Waals surface area contributed by atoms with Gasteiger partial charge in [0.1, 0.15) is 6.10 Å². The Bertz CT molecular complexity index is 856. The molecule has 29 heavy (non-hydrogen) atoms. The SMILES string of the molecule is O=C(C1CCCO1)N1CCN(Cc2nc(-c3cccc(C(F)(F)F)c3)no2)CC1. The highest BCUT2D eigenvalue weighted by molar-refractivity contribution is 5.81. The largest absolute Gasteiger partial charge is 0.416 e. The molecule has 2 aliphatic rings. The maximum atomic E-state index is 12.9. The zero-order valence-electron chi connectivity index (χ0n) is 15.7. The van der Waals surface area contributed by atoms with Crippen LogP contribution in [0.5, 0.6) is 0 Å². The second kappa shape index (κ2) is 8.11. The number of piperazine rings is 1. The van der Waals surface area contributed by atoms with E-state index in [4.69, 9.17) is 9.26 Å². The molecule has 1 aromatic heterocycles. The Hall–Kier alpha value is -2.46. The van der Waals surface area contributed by atoms with Crippen molar-refractivity contribution in [1.29, 1.82) is 0 Å². The van der Waals surface area contributed by atoms with E-state index in [2.05, 4.69) is 15.0 Å². The predicted octanol–water partition coefficient (Wildman–Crippen LogP) is 2.58. The second-order valence-electron chi connectivity index (χ2n) is 7.19. The van der Waals surface area contributed by atoms with Crippen LogP contribution in [0.25, 0.3) is 11.4 Å². The molecule has 156 valence electrons. The van der Waals surface area contributed by atoms with E-state index in [0.29, 0.717) is 45.2 Å². The van der Waals surface area contributed by atoms with Crippen molar-refractivity contribution in [3.63, 3.8) is 0 Å². The number of alkyl halides is 3. The molecule has 0 radical (unpaired) electrons. The molecule has 0 saturated carbocycles. The number of nitrogens with zero attached hydrogens (tertiary/aromatic N) is 4. The topological polar surface area (TPSA) is 71.7 Å². The minimum absolute atomic E-state index is 0.0479. The molecular formula is C19H21F3N4O3. The van der Waals surface area contributed by atoms with Crippen molar-refractivity contribution < 1.29 is 27.2 Å². The van der Waals surface area contributed by atoms with Gasteiger partial charge >= 0.3 is 6.18 Å². The molecule has 1 unspecified atom stereocenters. The fourth-order valence-corrected chi connectivity index (χ4v) is 3.56. The molecule has 1 atom stereocenters. The lowest BCUT2D eigenvalue weighted by atomic mass is 10.1. The molecule has 10 heteroatoms. The number of amides is 1. The van der Waals surface area contributed by atoms with Gasteiger partial charge in [0.25, 0.3) is 5.91 Å². The lowest BCUT2D eigenvalue weighted by Crippen LogP contribution is -2.51. The molecular weight excluding hydrogens is 389 g/mol. The quantitative estimate of drug-likeness (QED) is 0.772. The first kappa shape index (κ1) is 19.8. The van der Waals surface area contributed by atoms with E-state index in [0.717, 1.165) is 25.0 Å². The summed E-state index contributed by atoms with van der Waals surface area (Å²) in [7, 11) is 0. The van der Waals surface area contributed by atoms with Gasteiger partial charge in [0.15, 0.2) is 0 Å². The number of benzene rings is 1. The molecule has 2 fully saturated rings. The highest BCUT2D eigenvalue weighted by Gasteiger charge is 2.32. The van der Waals surface area contributed by atoms with Crippen LogP contribution in [-0.2, 0) is 22.3 Å². The van der Waals surface area contributed by atoms with Gasteiger partial charge in [-0.15, -0.1) is 0 Å². The summed E-state index contributed by atoms with van der Waals surface area (Å²) >= 11 is 0. The van der Waals surface area contributed by atoms with Crippen molar-refractivity contribution in [2.24, 2.45) is 0 Å². The zero-order chi connectivity index (χ0) is 20.4. The molecule has 4 rings (SSSR count).